The maximum Gasteiger partial charge on any atom is 0.195 e. The molecular formula is C21H22N2S. The van der Waals surface area contributed by atoms with Crippen LogP contribution in [-0.2, 0) is 6.42 Å². The highest BCUT2D eigenvalue weighted by Crippen LogP contribution is 2.31. The number of imidazole rings is 1. The highest BCUT2D eigenvalue weighted by atomic mass is 32.1. The SMILES string of the molecule is CCCCc1ccc2c(c1)sc1nc(-c3ccc(C)c(C)c3)cn12. The van der Waals surface area contributed by atoms with Crippen LogP contribution in [0, 0.1) is 13.8 Å². The fraction of sp³-hybridized carbons (Fsp3) is 0.286. The summed E-state index contributed by atoms with van der Waals surface area (Å²) in [6.45, 7) is 6.55. The number of fused-ring (bicyclic) bond motifs is 3. The lowest BCUT2D eigenvalue weighted by molar-refractivity contribution is 0.796. The van der Waals surface area contributed by atoms with E-state index < -0.39 is 0 Å². The minimum atomic E-state index is 1.06. The predicted molar refractivity (Wildman–Crippen MR) is 104 cm³/mol. The van der Waals surface area contributed by atoms with Gasteiger partial charge >= 0.3 is 0 Å². The Morgan fingerprint density at radius 2 is 1.92 bits per heavy atom. The number of aryl methyl sites for hydroxylation is 3. The number of hydrogen-bond donors (Lipinski definition) is 0. The molecule has 0 fully saturated rings. The first-order valence-corrected chi connectivity index (χ1v) is 9.45. The molecule has 0 bridgehead atoms. The number of unbranched alkanes of at least 4 members (excludes halogenated alkanes) is 1. The van der Waals surface area contributed by atoms with Crippen molar-refractivity contribution in [2.45, 2.75) is 40.0 Å². The van der Waals surface area contributed by atoms with E-state index in [9.17, 15) is 0 Å². The lowest BCUT2D eigenvalue weighted by atomic mass is 10.0. The summed E-state index contributed by atoms with van der Waals surface area (Å²) in [4.78, 5) is 5.94. The Kier molecular flexibility index (Phi) is 3.89. The number of thiazole rings is 1. The van der Waals surface area contributed by atoms with E-state index in [4.69, 9.17) is 4.98 Å². The minimum Gasteiger partial charge on any atom is -0.290 e. The maximum atomic E-state index is 4.86. The number of benzene rings is 2. The van der Waals surface area contributed by atoms with Crippen LogP contribution in [0.3, 0.4) is 0 Å². The molecule has 0 unspecified atom stereocenters. The van der Waals surface area contributed by atoms with Gasteiger partial charge in [0.1, 0.15) is 0 Å². The van der Waals surface area contributed by atoms with Crippen LogP contribution in [-0.4, -0.2) is 9.38 Å². The van der Waals surface area contributed by atoms with Crippen molar-refractivity contribution in [3.05, 3.63) is 59.3 Å². The van der Waals surface area contributed by atoms with E-state index in [0.717, 1.165) is 10.7 Å². The van der Waals surface area contributed by atoms with Gasteiger partial charge in [0, 0.05) is 11.8 Å². The Morgan fingerprint density at radius 3 is 2.71 bits per heavy atom. The van der Waals surface area contributed by atoms with Crippen LogP contribution in [0.25, 0.3) is 26.4 Å². The normalized spacial score (nSPS) is 11.6. The molecule has 24 heavy (non-hydrogen) atoms. The second-order valence-corrected chi connectivity index (χ2v) is 7.59. The van der Waals surface area contributed by atoms with Crippen LogP contribution in [0.4, 0.5) is 0 Å². The zero-order chi connectivity index (χ0) is 16.7. The molecule has 0 radical (unpaired) electrons. The predicted octanol–water partition coefficient (Wildman–Crippen LogP) is 6.18. The number of aromatic nitrogens is 2. The highest BCUT2D eigenvalue weighted by Gasteiger charge is 2.11. The number of nitrogens with zero attached hydrogens (tertiary/aromatic N) is 2. The summed E-state index contributed by atoms with van der Waals surface area (Å²) in [7, 11) is 0. The van der Waals surface area contributed by atoms with Gasteiger partial charge in [0.25, 0.3) is 0 Å². The fourth-order valence-corrected chi connectivity index (χ4v) is 4.19. The molecule has 2 heterocycles. The van der Waals surface area contributed by atoms with Gasteiger partial charge in [-0.25, -0.2) is 4.98 Å². The van der Waals surface area contributed by atoms with Gasteiger partial charge in [-0.2, -0.15) is 0 Å². The van der Waals surface area contributed by atoms with E-state index in [2.05, 4.69) is 67.8 Å². The molecule has 0 saturated heterocycles. The third kappa shape index (κ3) is 2.63. The fourth-order valence-electron chi connectivity index (χ4n) is 3.12. The van der Waals surface area contributed by atoms with Crippen LogP contribution < -0.4 is 0 Å². The lowest BCUT2D eigenvalue weighted by Gasteiger charge is -2.02. The first kappa shape index (κ1) is 15.4. The monoisotopic (exact) mass is 334 g/mol. The lowest BCUT2D eigenvalue weighted by Crippen LogP contribution is -1.85. The van der Waals surface area contributed by atoms with Gasteiger partial charge in [-0.1, -0.05) is 42.9 Å². The first-order valence-electron chi connectivity index (χ1n) is 8.64. The molecule has 0 aliphatic carbocycles. The van der Waals surface area contributed by atoms with E-state index in [1.54, 1.807) is 11.3 Å². The van der Waals surface area contributed by atoms with Crippen molar-refractivity contribution < 1.29 is 0 Å². The molecule has 2 aromatic heterocycles. The Bertz CT molecular complexity index is 1020. The minimum absolute atomic E-state index is 1.06. The molecule has 0 N–H and O–H groups in total. The van der Waals surface area contributed by atoms with Crippen LogP contribution in [0.2, 0.25) is 0 Å². The van der Waals surface area contributed by atoms with E-state index in [1.807, 2.05) is 0 Å². The molecule has 0 aliphatic heterocycles. The molecule has 0 atom stereocenters. The Labute approximate surface area is 146 Å². The summed E-state index contributed by atoms with van der Waals surface area (Å²) in [5.41, 5.74) is 7.59. The maximum absolute atomic E-state index is 4.86. The van der Waals surface area contributed by atoms with Crippen molar-refractivity contribution in [1.82, 2.24) is 9.38 Å². The summed E-state index contributed by atoms with van der Waals surface area (Å²) < 4.78 is 3.56. The first-order chi connectivity index (χ1) is 11.7. The molecular weight excluding hydrogens is 312 g/mol. The largest absolute Gasteiger partial charge is 0.290 e. The van der Waals surface area contributed by atoms with Crippen LogP contribution in [0.1, 0.15) is 36.5 Å². The molecule has 0 aliphatic rings. The molecule has 0 amide bonds. The average molecular weight is 334 g/mol. The van der Waals surface area contributed by atoms with Gasteiger partial charge in [-0.05, 0) is 61.6 Å². The van der Waals surface area contributed by atoms with E-state index >= 15 is 0 Å². The van der Waals surface area contributed by atoms with Gasteiger partial charge in [0.2, 0.25) is 0 Å². The van der Waals surface area contributed by atoms with Crippen molar-refractivity contribution in [1.29, 1.82) is 0 Å². The summed E-state index contributed by atoms with van der Waals surface area (Å²) in [6.07, 6.45) is 5.83. The summed E-state index contributed by atoms with van der Waals surface area (Å²) in [6, 6.07) is 13.4. The van der Waals surface area contributed by atoms with Crippen molar-refractivity contribution >= 4 is 26.5 Å². The average Bonchev–Trinajstić information content (AvgIpc) is 3.12. The van der Waals surface area contributed by atoms with E-state index in [-0.39, 0.29) is 0 Å². The molecule has 0 spiro atoms. The Balaban J connectivity index is 1.77. The molecule has 4 aromatic rings. The van der Waals surface area contributed by atoms with E-state index in [0.29, 0.717) is 0 Å². The van der Waals surface area contributed by atoms with Gasteiger partial charge in [-0.15, -0.1) is 0 Å². The molecule has 4 rings (SSSR count). The van der Waals surface area contributed by atoms with Crippen molar-refractivity contribution in [2.24, 2.45) is 0 Å². The number of rotatable bonds is 4. The standard InChI is InChI=1S/C21H22N2S/c1-4-5-6-16-8-10-19-20(12-16)24-21-22-18(13-23(19)21)17-9-7-14(2)15(3)11-17/h7-13H,4-6H2,1-3H3. The smallest absolute Gasteiger partial charge is 0.195 e. The summed E-state index contributed by atoms with van der Waals surface area (Å²) in [5, 5.41) is 0. The quantitative estimate of drug-likeness (QED) is 0.436. The molecule has 0 saturated carbocycles. The van der Waals surface area contributed by atoms with Gasteiger partial charge in [-0.3, -0.25) is 4.40 Å². The second kappa shape index (κ2) is 6.06. The zero-order valence-electron chi connectivity index (χ0n) is 14.5. The highest BCUT2D eigenvalue weighted by molar-refractivity contribution is 7.23. The summed E-state index contributed by atoms with van der Waals surface area (Å²) in [5.74, 6) is 0. The third-order valence-electron chi connectivity index (χ3n) is 4.78. The van der Waals surface area contributed by atoms with Gasteiger partial charge in [0.05, 0.1) is 15.9 Å². The van der Waals surface area contributed by atoms with Crippen molar-refractivity contribution in [3.63, 3.8) is 0 Å². The Morgan fingerprint density at radius 1 is 1.04 bits per heavy atom. The van der Waals surface area contributed by atoms with Crippen LogP contribution >= 0.6 is 11.3 Å². The zero-order valence-corrected chi connectivity index (χ0v) is 15.3. The molecule has 2 nitrogen and oxygen atoms in total. The Hall–Kier alpha value is -2.13. The molecule has 2 aromatic carbocycles. The second-order valence-electron chi connectivity index (χ2n) is 6.59. The van der Waals surface area contributed by atoms with E-state index in [1.165, 1.54) is 51.7 Å². The summed E-state index contributed by atoms with van der Waals surface area (Å²) >= 11 is 1.78. The van der Waals surface area contributed by atoms with Gasteiger partial charge in [0.15, 0.2) is 4.96 Å². The van der Waals surface area contributed by atoms with Crippen molar-refractivity contribution in [3.8, 4) is 11.3 Å². The topological polar surface area (TPSA) is 17.3 Å². The van der Waals surface area contributed by atoms with Crippen LogP contribution in [0.5, 0.6) is 0 Å². The number of hydrogen-bond acceptors (Lipinski definition) is 2. The van der Waals surface area contributed by atoms with Crippen molar-refractivity contribution in [2.75, 3.05) is 0 Å². The van der Waals surface area contributed by atoms with Gasteiger partial charge < -0.3 is 0 Å². The third-order valence-corrected chi connectivity index (χ3v) is 5.80. The van der Waals surface area contributed by atoms with Crippen LogP contribution in [0.15, 0.2) is 42.6 Å². The molecule has 3 heteroatoms. The molecule has 122 valence electrons.